The lowest BCUT2D eigenvalue weighted by Gasteiger charge is -2.27. The van der Waals surface area contributed by atoms with E-state index < -0.39 is 0 Å². The minimum Gasteiger partial charge on any atom is -0.185 e. The first-order valence-corrected chi connectivity index (χ1v) is 7.63. The maximum atomic E-state index is 8.93. The smallest absolute Gasteiger partial charge is 0.134 e. The molecule has 100 valence electrons. The standard InChI is InChI=1S/C15H18N2S2/c1-11-6-7-12(14(2,3)18-9-16)8-13(11)15(4,5)19-10-17/h6-8H,1-5H3. The molecule has 0 N–H and O–H groups in total. The summed E-state index contributed by atoms with van der Waals surface area (Å²) in [6.07, 6.45) is 0. The number of nitriles is 2. The number of hydrogen-bond donors (Lipinski definition) is 0. The second-order valence-electron chi connectivity index (χ2n) is 5.44. The first-order valence-electron chi connectivity index (χ1n) is 6.00. The molecule has 0 heterocycles. The molecule has 0 saturated carbocycles. The molecular weight excluding hydrogens is 272 g/mol. The van der Waals surface area contributed by atoms with Gasteiger partial charge in [0.1, 0.15) is 10.8 Å². The molecule has 0 unspecified atom stereocenters. The highest BCUT2D eigenvalue weighted by Crippen LogP contribution is 2.41. The molecule has 0 radical (unpaired) electrons. The molecule has 0 aliphatic rings. The van der Waals surface area contributed by atoms with Gasteiger partial charge in [-0.3, -0.25) is 0 Å². The van der Waals surface area contributed by atoms with Crippen molar-refractivity contribution in [2.45, 2.75) is 44.1 Å². The first-order chi connectivity index (χ1) is 8.74. The van der Waals surface area contributed by atoms with Gasteiger partial charge in [-0.1, -0.05) is 18.2 Å². The average Bonchev–Trinajstić information content (AvgIpc) is 2.28. The third-order valence-electron chi connectivity index (χ3n) is 3.18. The zero-order chi connectivity index (χ0) is 14.7. The predicted octanol–water partition coefficient (Wildman–Crippen LogP) is 4.89. The van der Waals surface area contributed by atoms with E-state index in [9.17, 15) is 0 Å². The second-order valence-corrected chi connectivity index (χ2v) is 8.25. The summed E-state index contributed by atoms with van der Waals surface area (Å²) in [5.41, 5.74) is 3.45. The van der Waals surface area contributed by atoms with Gasteiger partial charge in [0.15, 0.2) is 0 Å². The Kier molecular flexibility index (Phi) is 4.96. The molecule has 1 aromatic rings. The highest BCUT2D eigenvalue weighted by atomic mass is 32.2. The average molecular weight is 290 g/mol. The molecule has 1 aromatic carbocycles. The van der Waals surface area contributed by atoms with Crippen LogP contribution in [0, 0.1) is 28.3 Å². The lowest BCUT2D eigenvalue weighted by molar-refractivity contribution is 0.752. The summed E-state index contributed by atoms with van der Waals surface area (Å²) in [5, 5.41) is 22.2. The highest BCUT2D eigenvalue weighted by Gasteiger charge is 2.27. The van der Waals surface area contributed by atoms with Gasteiger partial charge in [0.2, 0.25) is 0 Å². The minimum atomic E-state index is -0.248. The largest absolute Gasteiger partial charge is 0.185 e. The van der Waals surface area contributed by atoms with Crippen LogP contribution in [-0.4, -0.2) is 0 Å². The molecule has 0 bridgehead atoms. The predicted molar refractivity (Wildman–Crippen MR) is 83.6 cm³/mol. The Labute approximate surface area is 124 Å². The summed E-state index contributed by atoms with van der Waals surface area (Å²) in [7, 11) is 0. The SMILES string of the molecule is Cc1ccc(C(C)(C)SC#N)cc1C(C)(C)SC#N. The number of aryl methyl sites for hydroxylation is 1. The van der Waals surface area contributed by atoms with Crippen molar-refractivity contribution in [1.29, 1.82) is 10.5 Å². The summed E-state index contributed by atoms with van der Waals surface area (Å²) in [5.74, 6) is 0. The Morgan fingerprint density at radius 3 is 2.00 bits per heavy atom. The third kappa shape index (κ3) is 3.69. The molecule has 1 rings (SSSR count). The van der Waals surface area contributed by atoms with Crippen molar-refractivity contribution >= 4 is 23.5 Å². The summed E-state index contributed by atoms with van der Waals surface area (Å²) < 4.78 is -0.493. The Hall–Kier alpha value is -1.10. The van der Waals surface area contributed by atoms with Gasteiger partial charge >= 0.3 is 0 Å². The molecule has 0 fully saturated rings. The minimum absolute atomic E-state index is 0.245. The number of hydrogen-bond acceptors (Lipinski definition) is 4. The van der Waals surface area contributed by atoms with E-state index >= 15 is 0 Å². The van der Waals surface area contributed by atoms with Gasteiger partial charge in [-0.15, -0.1) is 0 Å². The Bertz CT molecular complexity index is 548. The van der Waals surface area contributed by atoms with Crippen molar-refractivity contribution in [2.24, 2.45) is 0 Å². The number of benzene rings is 1. The van der Waals surface area contributed by atoms with Crippen LogP contribution in [0.25, 0.3) is 0 Å². The lowest BCUT2D eigenvalue weighted by atomic mass is 9.91. The molecule has 0 spiro atoms. The number of thiocyanates is 2. The van der Waals surface area contributed by atoms with E-state index in [1.54, 1.807) is 0 Å². The Morgan fingerprint density at radius 2 is 1.47 bits per heavy atom. The molecule has 0 saturated heterocycles. The number of nitrogens with zero attached hydrogens (tertiary/aromatic N) is 2. The van der Waals surface area contributed by atoms with Gasteiger partial charge in [-0.25, -0.2) is 0 Å². The third-order valence-corrected chi connectivity index (χ3v) is 4.84. The van der Waals surface area contributed by atoms with Crippen LogP contribution >= 0.6 is 23.5 Å². The Morgan fingerprint density at radius 1 is 0.947 bits per heavy atom. The van der Waals surface area contributed by atoms with E-state index in [0.29, 0.717) is 0 Å². The van der Waals surface area contributed by atoms with Crippen LogP contribution in [0.15, 0.2) is 18.2 Å². The van der Waals surface area contributed by atoms with Gasteiger partial charge in [0, 0.05) is 9.49 Å². The summed E-state index contributed by atoms with van der Waals surface area (Å²) in [6.45, 7) is 10.2. The zero-order valence-corrected chi connectivity index (χ0v) is 13.6. The monoisotopic (exact) mass is 290 g/mol. The fourth-order valence-electron chi connectivity index (χ4n) is 1.99. The topological polar surface area (TPSA) is 47.6 Å². The van der Waals surface area contributed by atoms with Crippen LogP contribution in [0.3, 0.4) is 0 Å². The molecule has 4 heteroatoms. The van der Waals surface area contributed by atoms with E-state index in [-0.39, 0.29) is 9.49 Å². The van der Waals surface area contributed by atoms with Crippen LogP contribution in [0.1, 0.15) is 44.4 Å². The molecule has 0 aromatic heterocycles. The van der Waals surface area contributed by atoms with E-state index in [1.165, 1.54) is 29.1 Å². The molecule has 19 heavy (non-hydrogen) atoms. The van der Waals surface area contributed by atoms with Crippen LogP contribution < -0.4 is 0 Å². The summed E-state index contributed by atoms with van der Waals surface area (Å²) in [4.78, 5) is 0. The lowest BCUT2D eigenvalue weighted by Crippen LogP contribution is -2.17. The van der Waals surface area contributed by atoms with E-state index in [4.69, 9.17) is 10.5 Å². The van der Waals surface area contributed by atoms with E-state index in [1.807, 2.05) is 13.8 Å². The summed E-state index contributed by atoms with van der Waals surface area (Å²) >= 11 is 2.53. The van der Waals surface area contributed by atoms with Gasteiger partial charge in [0.05, 0.1) is 0 Å². The number of rotatable bonds is 4. The van der Waals surface area contributed by atoms with Gasteiger partial charge in [-0.05, 0) is 74.8 Å². The van der Waals surface area contributed by atoms with Crippen LogP contribution in [0.5, 0.6) is 0 Å². The van der Waals surface area contributed by atoms with E-state index in [0.717, 1.165) is 11.1 Å². The second kappa shape index (κ2) is 5.90. The highest BCUT2D eigenvalue weighted by molar-refractivity contribution is 8.04. The molecule has 2 nitrogen and oxygen atoms in total. The fraction of sp³-hybridized carbons (Fsp3) is 0.467. The fourth-order valence-corrected chi connectivity index (χ4v) is 3.02. The maximum Gasteiger partial charge on any atom is 0.134 e. The molecular formula is C15H18N2S2. The van der Waals surface area contributed by atoms with Gasteiger partial charge < -0.3 is 0 Å². The van der Waals surface area contributed by atoms with Crippen molar-refractivity contribution in [2.75, 3.05) is 0 Å². The summed E-state index contributed by atoms with van der Waals surface area (Å²) in [6, 6.07) is 6.27. The van der Waals surface area contributed by atoms with Crippen LogP contribution in [-0.2, 0) is 9.49 Å². The zero-order valence-electron chi connectivity index (χ0n) is 11.9. The molecule has 0 aliphatic carbocycles. The molecule has 0 aliphatic heterocycles. The van der Waals surface area contributed by atoms with Crippen molar-refractivity contribution in [3.8, 4) is 10.8 Å². The normalized spacial score (nSPS) is 11.7. The van der Waals surface area contributed by atoms with Crippen molar-refractivity contribution < 1.29 is 0 Å². The van der Waals surface area contributed by atoms with Crippen molar-refractivity contribution in [3.63, 3.8) is 0 Å². The maximum absolute atomic E-state index is 8.93. The van der Waals surface area contributed by atoms with Gasteiger partial charge in [0.25, 0.3) is 0 Å². The van der Waals surface area contributed by atoms with Crippen LogP contribution in [0.4, 0.5) is 0 Å². The van der Waals surface area contributed by atoms with Gasteiger partial charge in [-0.2, -0.15) is 10.5 Å². The van der Waals surface area contributed by atoms with E-state index in [2.05, 4.69) is 49.8 Å². The quantitative estimate of drug-likeness (QED) is 0.740. The molecule has 0 atom stereocenters. The molecule has 0 amide bonds. The number of thioether (sulfide) groups is 2. The van der Waals surface area contributed by atoms with Crippen molar-refractivity contribution in [3.05, 3.63) is 34.9 Å². The van der Waals surface area contributed by atoms with Crippen LogP contribution in [0.2, 0.25) is 0 Å². The Balaban J connectivity index is 3.30. The van der Waals surface area contributed by atoms with Crippen molar-refractivity contribution in [1.82, 2.24) is 0 Å². The first kappa shape index (κ1) is 16.0.